The lowest BCUT2D eigenvalue weighted by atomic mass is 10.1. The fourth-order valence-corrected chi connectivity index (χ4v) is 4.70. The van der Waals surface area contributed by atoms with Crippen LogP contribution in [0, 0.1) is 0 Å². The first kappa shape index (κ1) is 27.9. The maximum absolute atomic E-state index is 13.1. The molecule has 0 radical (unpaired) electrons. The summed E-state index contributed by atoms with van der Waals surface area (Å²) in [7, 11) is 0. The van der Waals surface area contributed by atoms with Gasteiger partial charge in [0.15, 0.2) is 5.96 Å². The molecule has 3 aromatic carbocycles. The number of anilines is 1. The SMILES string of the molecule is C=C(N)[C@@H](CCCN=C(N)N)n1c(-c2cccc(Oc3ccccc3)c2)nc2cc(C(=O)Nc3cccnc3)ccc21. The zero-order valence-electron chi connectivity index (χ0n) is 23.0. The number of aromatic nitrogens is 3. The van der Waals surface area contributed by atoms with E-state index >= 15 is 0 Å². The summed E-state index contributed by atoms with van der Waals surface area (Å²) >= 11 is 0. The minimum atomic E-state index is -0.312. The molecule has 0 aliphatic rings. The molecule has 10 nitrogen and oxygen atoms in total. The summed E-state index contributed by atoms with van der Waals surface area (Å²) in [4.78, 5) is 26.2. The summed E-state index contributed by atoms with van der Waals surface area (Å²) in [5.41, 5.74) is 21.2. The molecule has 1 amide bonds. The molecule has 212 valence electrons. The van der Waals surface area contributed by atoms with Crippen LogP contribution in [0.5, 0.6) is 11.5 Å². The van der Waals surface area contributed by atoms with Crippen LogP contribution in [0.15, 0.2) is 115 Å². The second kappa shape index (κ2) is 12.7. The number of aliphatic imine (C=N–C) groups is 1. The molecule has 0 saturated carbocycles. The minimum Gasteiger partial charge on any atom is -0.457 e. The van der Waals surface area contributed by atoms with E-state index in [-0.39, 0.29) is 17.9 Å². The summed E-state index contributed by atoms with van der Waals surface area (Å²) in [6, 6.07) is 25.9. The number of rotatable bonds is 11. The van der Waals surface area contributed by atoms with E-state index in [4.69, 9.17) is 26.9 Å². The molecule has 0 aliphatic carbocycles. The Kier molecular flexibility index (Phi) is 8.43. The number of amides is 1. The molecule has 0 spiro atoms. The highest BCUT2D eigenvalue weighted by molar-refractivity contribution is 6.06. The van der Waals surface area contributed by atoms with Crippen molar-refractivity contribution in [2.24, 2.45) is 22.2 Å². The van der Waals surface area contributed by atoms with Gasteiger partial charge in [0, 0.05) is 29.6 Å². The van der Waals surface area contributed by atoms with E-state index in [9.17, 15) is 4.79 Å². The standard InChI is InChI=1S/C32H32N8O2/c1-21(33)28(13-7-17-37-32(34)35)40-29-15-14-23(31(41)38-24-9-6-16-36-20-24)19-27(29)39-30(40)22-8-5-12-26(18-22)42-25-10-3-2-4-11-25/h2-6,8-12,14-16,18-20,28H,1,7,13,17,33H2,(H,38,41)(H4,34,35,37)/t28-/m1/s1. The van der Waals surface area contributed by atoms with E-state index in [1.807, 2.05) is 60.7 Å². The van der Waals surface area contributed by atoms with E-state index in [0.29, 0.717) is 53.4 Å². The Morgan fingerprint density at radius 2 is 1.79 bits per heavy atom. The molecule has 10 heteroatoms. The molecular formula is C32H32N8O2. The molecule has 1 atom stereocenters. The van der Waals surface area contributed by atoms with Gasteiger partial charge >= 0.3 is 0 Å². The van der Waals surface area contributed by atoms with Crippen molar-refractivity contribution in [3.05, 3.63) is 115 Å². The van der Waals surface area contributed by atoms with Crippen LogP contribution in [0.4, 0.5) is 5.69 Å². The third-order valence-corrected chi connectivity index (χ3v) is 6.61. The number of hydrogen-bond acceptors (Lipinski definition) is 6. The van der Waals surface area contributed by atoms with Gasteiger partial charge in [-0.1, -0.05) is 36.9 Å². The first-order valence-corrected chi connectivity index (χ1v) is 13.5. The van der Waals surface area contributed by atoms with Crippen LogP contribution in [0.3, 0.4) is 0 Å². The van der Waals surface area contributed by atoms with E-state index < -0.39 is 0 Å². The monoisotopic (exact) mass is 560 g/mol. The predicted octanol–water partition coefficient (Wildman–Crippen LogP) is 5.21. The number of fused-ring (bicyclic) bond motifs is 1. The fourth-order valence-electron chi connectivity index (χ4n) is 4.70. The maximum Gasteiger partial charge on any atom is 0.255 e. The van der Waals surface area contributed by atoms with Gasteiger partial charge in [-0.05, 0) is 67.4 Å². The van der Waals surface area contributed by atoms with Crippen molar-refractivity contribution < 1.29 is 9.53 Å². The molecule has 0 saturated heterocycles. The summed E-state index contributed by atoms with van der Waals surface area (Å²) in [5, 5.41) is 2.87. The van der Waals surface area contributed by atoms with Crippen molar-refractivity contribution in [3.8, 4) is 22.9 Å². The van der Waals surface area contributed by atoms with Crippen LogP contribution in [0.2, 0.25) is 0 Å². The Morgan fingerprint density at radius 3 is 2.52 bits per heavy atom. The number of imidazole rings is 1. The largest absolute Gasteiger partial charge is 0.457 e. The summed E-state index contributed by atoms with van der Waals surface area (Å²) in [6.45, 7) is 4.53. The smallest absolute Gasteiger partial charge is 0.255 e. The number of nitrogens with zero attached hydrogens (tertiary/aromatic N) is 4. The van der Waals surface area contributed by atoms with Crippen molar-refractivity contribution in [3.63, 3.8) is 0 Å². The van der Waals surface area contributed by atoms with Gasteiger partial charge < -0.3 is 31.8 Å². The molecule has 7 N–H and O–H groups in total. The lowest BCUT2D eigenvalue weighted by molar-refractivity contribution is 0.102. The summed E-state index contributed by atoms with van der Waals surface area (Å²) in [6.07, 6.45) is 4.52. The number of carbonyl (C=O) groups is 1. The van der Waals surface area contributed by atoms with Crippen molar-refractivity contribution in [2.75, 3.05) is 11.9 Å². The molecule has 0 bridgehead atoms. The van der Waals surface area contributed by atoms with Gasteiger partial charge in [-0.25, -0.2) is 4.98 Å². The van der Waals surface area contributed by atoms with Crippen LogP contribution in [0.1, 0.15) is 29.2 Å². The third kappa shape index (κ3) is 6.56. The summed E-state index contributed by atoms with van der Waals surface area (Å²) in [5.74, 6) is 1.81. The number of carbonyl (C=O) groups excluding carboxylic acids is 1. The molecule has 2 aromatic heterocycles. The van der Waals surface area contributed by atoms with Crippen LogP contribution in [0.25, 0.3) is 22.4 Å². The topological polar surface area (TPSA) is 159 Å². The van der Waals surface area contributed by atoms with Crippen LogP contribution >= 0.6 is 0 Å². The number of para-hydroxylation sites is 1. The lowest BCUT2D eigenvalue weighted by Gasteiger charge is -2.22. The van der Waals surface area contributed by atoms with Crippen molar-refractivity contribution in [1.82, 2.24) is 14.5 Å². The number of nitrogens with one attached hydrogen (secondary N) is 1. The van der Waals surface area contributed by atoms with Gasteiger partial charge in [-0.15, -0.1) is 0 Å². The highest BCUT2D eigenvalue weighted by atomic mass is 16.5. The molecule has 0 unspecified atom stereocenters. The Morgan fingerprint density at radius 1 is 0.976 bits per heavy atom. The predicted molar refractivity (Wildman–Crippen MR) is 166 cm³/mol. The first-order chi connectivity index (χ1) is 20.4. The number of ether oxygens (including phenoxy) is 1. The number of benzene rings is 3. The average molecular weight is 561 g/mol. The van der Waals surface area contributed by atoms with Gasteiger partial charge in [-0.3, -0.25) is 14.8 Å². The van der Waals surface area contributed by atoms with Crippen LogP contribution < -0.4 is 27.3 Å². The average Bonchev–Trinajstić information content (AvgIpc) is 3.36. The van der Waals surface area contributed by atoms with E-state index in [1.54, 1.807) is 36.7 Å². The number of guanidine groups is 1. The molecule has 5 rings (SSSR count). The fraction of sp³-hybridized carbons (Fsp3) is 0.125. The quantitative estimate of drug-likeness (QED) is 0.0980. The molecule has 0 fully saturated rings. The number of hydrogen-bond donors (Lipinski definition) is 4. The molecule has 0 aliphatic heterocycles. The number of pyridine rings is 1. The zero-order chi connectivity index (χ0) is 29.5. The third-order valence-electron chi connectivity index (χ3n) is 6.61. The molecule has 5 aromatic rings. The zero-order valence-corrected chi connectivity index (χ0v) is 23.0. The Bertz CT molecular complexity index is 1730. The van der Waals surface area contributed by atoms with Crippen molar-refractivity contribution in [1.29, 1.82) is 0 Å². The van der Waals surface area contributed by atoms with Gasteiger partial charge in [0.2, 0.25) is 0 Å². The van der Waals surface area contributed by atoms with Crippen molar-refractivity contribution >= 4 is 28.6 Å². The van der Waals surface area contributed by atoms with Gasteiger partial charge in [0.25, 0.3) is 5.91 Å². The maximum atomic E-state index is 13.1. The molecule has 2 heterocycles. The van der Waals surface area contributed by atoms with E-state index in [1.165, 1.54) is 0 Å². The first-order valence-electron chi connectivity index (χ1n) is 13.5. The second-order valence-electron chi connectivity index (χ2n) is 9.69. The highest BCUT2D eigenvalue weighted by Gasteiger charge is 2.23. The Hall–Kier alpha value is -5.64. The van der Waals surface area contributed by atoms with Gasteiger partial charge in [-0.2, -0.15) is 0 Å². The van der Waals surface area contributed by atoms with Gasteiger partial charge in [0.05, 0.1) is 29.0 Å². The van der Waals surface area contributed by atoms with Crippen LogP contribution in [-0.4, -0.2) is 32.9 Å². The van der Waals surface area contributed by atoms with Gasteiger partial charge in [0.1, 0.15) is 17.3 Å². The normalized spacial score (nSPS) is 11.5. The number of allylic oxidation sites excluding steroid dienone is 1. The van der Waals surface area contributed by atoms with Crippen molar-refractivity contribution in [2.45, 2.75) is 18.9 Å². The lowest BCUT2D eigenvalue weighted by Crippen LogP contribution is -2.23. The highest BCUT2D eigenvalue weighted by Crippen LogP contribution is 2.35. The van der Waals surface area contributed by atoms with E-state index in [2.05, 4.69) is 26.4 Å². The minimum absolute atomic E-state index is 0.0409. The Balaban J connectivity index is 1.56. The van der Waals surface area contributed by atoms with E-state index in [0.717, 1.165) is 16.8 Å². The van der Waals surface area contributed by atoms with Crippen LogP contribution in [-0.2, 0) is 0 Å². The summed E-state index contributed by atoms with van der Waals surface area (Å²) < 4.78 is 8.15. The second-order valence-corrected chi connectivity index (χ2v) is 9.69. The number of nitrogens with two attached hydrogens (primary N) is 3. The molecule has 42 heavy (non-hydrogen) atoms. The Labute approximate surface area is 243 Å². The molecular weight excluding hydrogens is 528 g/mol.